The van der Waals surface area contributed by atoms with E-state index in [1.807, 2.05) is 6.92 Å². The average Bonchev–Trinajstić information content (AvgIpc) is 2.16. The van der Waals surface area contributed by atoms with Crippen LogP contribution in [0.15, 0.2) is 0 Å². The molecule has 0 radical (unpaired) electrons. The molecule has 8 nitrogen and oxygen atoms in total. The standard InChI is InChI=1S/C6H17NO7P2/c1-2-3-4-5-6(8,15(9,10)11)16(12,13)14-7/h8H,2-5,7H2,1H3,(H,12,13)(H2,9,10,11). The molecule has 0 aliphatic rings. The lowest BCUT2D eigenvalue weighted by molar-refractivity contribution is 0.106. The van der Waals surface area contributed by atoms with Gasteiger partial charge in [0.05, 0.1) is 0 Å². The first-order valence-electron chi connectivity index (χ1n) is 4.61. The smallest absolute Gasteiger partial charge is 0.367 e. The van der Waals surface area contributed by atoms with Gasteiger partial charge in [0.1, 0.15) is 0 Å². The van der Waals surface area contributed by atoms with Crippen molar-refractivity contribution in [1.82, 2.24) is 0 Å². The van der Waals surface area contributed by atoms with Crippen LogP contribution >= 0.6 is 15.2 Å². The predicted molar refractivity (Wildman–Crippen MR) is 56.2 cm³/mol. The quantitative estimate of drug-likeness (QED) is 0.256. The minimum Gasteiger partial charge on any atom is -0.367 e. The van der Waals surface area contributed by atoms with Crippen molar-refractivity contribution in [3.05, 3.63) is 0 Å². The molecule has 2 unspecified atom stereocenters. The first-order valence-corrected chi connectivity index (χ1v) is 7.80. The number of unbranched alkanes of at least 4 members (excludes halogenated alkanes) is 2. The van der Waals surface area contributed by atoms with Crippen molar-refractivity contribution in [2.45, 2.75) is 37.7 Å². The van der Waals surface area contributed by atoms with Gasteiger partial charge in [0.15, 0.2) is 0 Å². The lowest BCUT2D eigenvalue weighted by atomic mass is 10.2. The summed E-state index contributed by atoms with van der Waals surface area (Å²) >= 11 is 0. The highest BCUT2D eigenvalue weighted by Gasteiger charge is 2.60. The van der Waals surface area contributed by atoms with E-state index in [1.165, 1.54) is 0 Å². The van der Waals surface area contributed by atoms with Gasteiger partial charge in [-0.15, -0.1) is 0 Å². The molecule has 6 N–H and O–H groups in total. The van der Waals surface area contributed by atoms with Crippen molar-refractivity contribution in [1.29, 1.82) is 0 Å². The maximum Gasteiger partial charge on any atom is 0.388 e. The third-order valence-corrected chi connectivity index (χ3v) is 6.29. The molecule has 0 heterocycles. The zero-order chi connectivity index (χ0) is 13.0. The summed E-state index contributed by atoms with van der Waals surface area (Å²) in [7, 11) is -10.2. The maximum absolute atomic E-state index is 11.3. The van der Waals surface area contributed by atoms with Crippen LogP contribution in [0, 0.1) is 0 Å². The van der Waals surface area contributed by atoms with E-state index in [-0.39, 0.29) is 6.42 Å². The number of rotatable bonds is 7. The molecule has 0 saturated heterocycles. The summed E-state index contributed by atoms with van der Waals surface area (Å²) in [5.74, 6) is 4.48. The molecule has 0 aromatic carbocycles. The Hall–Kier alpha value is 0.220. The Kier molecular flexibility index (Phi) is 5.79. The third kappa shape index (κ3) is 3.35. The molecule has 0 aliphatic carbocycles. The summed E-state index contributed by atoms with van der Waals surface area (Å²) in [4.78, 5) is 26.9. The van der Waals surface area contributed by atoms with Crippen LogP contribution in [-0.4, -0.2) is 24.9 Å². The molecule has 0 amide bonds. The van der Waals surface area contributed by atoms with Crippen LogP contribution < -0.4 is 5.90 Å². The van der Waals surface area contributed by atoms with Crippen LogP contribution in [0.3, 0.4) is 0 Å². The van der Waals surface area contributed by atoms with E-state index in [0.29, 0.717) is 6.42 Å². The average molecular weight is 277 g/mol. The summed E-state index contributed by atoms with van der Waals surface area (Å²) in [6.07, 6.45) is 0.880. The van der Waals surface area contributed by atoms with Crippen molar-refractivity contribution < 1.29 is 33.5 Å². The van der Waals surface area contributed by atoms with Crippen LogP contribution in [-0.2, 0) is 13.8 Å². The minimum atomic E-state index is -5.23. The SMILES string of the molecule is CCCCCC(O)(P(=O)(O)O)P(=O)(O)ON. The van der Waals surface area contributed by atoms with Crippen molar-refractivity contribution in [2.24, 2.45) is 5.90 Å². The molecule has 0 aromatic rings. The molecular weight excluding hydrogens is 260 g/mol. The lowest BCUT2D eigenvalue weighted by Gasteiger charge is -2.30. The summed E-state index contributed by atoms with van der Waals surface area (Å²) in [5, 5.41) is 6.49. The van der Waals surface area contributed by atoms with E-state index < -0.39 is 26.7 Å². The molecule has 0 rings (SSSR count). The largest absolute Gasteiger partial charge is 0.388 e. The second-order valence-electron chi connectivity index (χ2n) is 3.40. The highest BCUT2D eigenvalue weighted by molar-refractivity contribution is 7.72. The van der Waals surface area contributed by atoms with Crippen molar-refractivity contribution in [3.8, 4) is 0 Å². The molecule has 16 heavy (non-hydrogen) atoms. The predicted octanol–water partition coefficient (Wildman–Crippen LogP) is 0.466. The maximum atomic E-state index is 11.3. The summed E-state index contributed by atoms with van der Waals surface area (Å²) in [6, 6.07) is 0. The van der Waals surface area contributed by atoms with Gasteiger partial charge >= 0.3 is 15.2 Å². The van der Waals surface area contributed by atoms with Gasteiger partial charge in [0.2, 0.25) is 0 Å². The number of hydrogen-bond acceptors (Lipinski definition) is 5. The molecule has 0 aromatic heterocycles. The normalized spacial score (nSPS) is 20.1. The Labute approximate surface area is 93.1 Å². The molecule has 0 saturated carbocycles. The first-order chi connectivity index (χ1) is 7.12. The molecular formula is C6H17NO7P2. The summed E-state index contributed by atoms with van der Waals surface area (Å²) in [6.45, 7) is 1.83. The van der Waals surface area contributed by atoms with Crippen LogP contribution in [0.4, 0.5) is 0 Å². The van der Waals surface area contributed by atoms with Crippen molar-refractivity contribution in [2.75, 3.05) is 0 Å². The number of hydrogen-bond donors (Lipinski definition) is 5. The second kappa shape index (κ2) is 5.71. The Bertz CT molecular complexity index is 316. The van der Waals surface area contributed by atoms with Gasteiger partial charge in [-0.2, -0.15) is 0 Å². The Balaban J connectivity index is 5.07. The molecule has 0 bridgehead atoms. The monoisotopic (exact) mass is 277 g/mol. The van der Waals surface area contributed by atoms with Gasteiger partial charge in [-0.3, -0.25) is 9.13 Å². The molecule has 0 spiro atoms. The fourth-order valence-electron chi connectivity index (χ4n) is 1.15. The van der Waals surface area contributed by atoms with Crippen molar-refractivity contribution >= 4 is 15.2 Å². The van der Waals surface area contributed by atoms with E-state index in [1.54, 1.807) is 0 Å². The minimum absolute atomic E-state index is 0.173. The van der Waals surface area contributed by atoms with Gasteiger partial charge in [0, 0.05) is 0 Å². The van der Waals surface area contributed by atoms with E-state index in [9.17, 15) is 14.2 Å². The van der Waals surface area contributed by atoms with Crippen LogP contribution in [0.5, 0.6) is 0 Å². The highest BCUT2D eigenvalue weighted by atomic mass is 31.2. The third-order valence-electron chi connectivity index (χ3n) is 2.18. The fourth-order valence-corrected chi connectivity index (χ4v) is 3.67. The Morgan fingerprint density at radius 1 is 1.25 bits per heavy atom. The molecule has 0 aliphatic heterocycles. The zero-order valence-electron chi connectivity index (χ0n) is 8.81. The van der Waals surface area contributed by atoms with Crippen LogP contribution in [0.1, 0.15) is 32.6 Å². The molecule has 10 heteroatoms. The molecule has 2 atom stereocenters. The summed E-state index contributed by atoms with van der Waals surface area (Å²) < 4.78 is 26.0. The van der Waals surface area contributed by atoms with Gasteiger partial charge in [-0.1, -0.05) is 19.8 Å². The van der Waals surface area contributed by atoms with Crippen LogP contribution in [0.25, 0.3) is 0 Å². The highest BCUT2D eigenvalue weighted by Crippen LogP contribution is 2.71. The van der Waals surface area contributed by atoms with Gasteiger partial charge < -0.3 is 19.8 Å². The number of aliphatic hydroxyl groups is 1. The Morgan fingerprint density at radius 3 is 2.06 bits per heavy atom. The van der Waals surface area contributed by atoms with Gasteiger partial charge in [-0.05, 0) is 12.8 Å². The van der Waals surface area contributed by atoms with Gasteiger partial charge in [0.25, 0.3) is 5.08 Å². The number of nitrogens with two attached hydrogens (primary N) is 1. The summed E-state index contributed by atoms with van der Waals surface area (Å²) in [5.41, 5.74) is 0. The van der Waals surface area contributed by atoms with E-state index in [0.717, 1.165) is 6.42 Å². The van der Waals surface area contributed by atoms with Gasteiger partial charge in [-0.25, -0.2) is 10.5 Å². The van der Waals surface area contributed by atoms with Crippen molar-refractivity contribution in [3.63, 3.8) is 0 Å². The molecule has 98 valence electrons. The lowest BCUT2D eigenvalue weighted by Crippen LogP contribution is -2.30. The fraction of sp³-hybridized carbons (Fsp3) is 1.00. The molecule has 0 fully saturated rings. The zero-order valence-corrected chi connectivity index (χ0v) is 10.6. The topological polar surface area (TPSA) is 150 Å². The first kappa shape index (κ1) is 16.2. The van der Waals surface area contributed by atoms with E-state index >= 15 is 0 Å². The van der Waals surface area contributed by atoms with E-state index in [4.69, 9.17) is 14.7 Å². The van der Waals surface area contributed by atoms with E-state index in [2.05, 4.69) is 10.5 Å². The second-order valence-corrected chi connectivity index (χ2v) is 7.57. The van der Waals surface area contributed by atoms with Crippen LogP contribution in [0.2, 0.25) is 0 Å². The Morgan fingerprint density at radius 2 is 1.75 bits per heavy atom.